The highest BCUT2D eigenvalue weighted by molar-refractivity contribution is 5.95. The SMILES string of the molecule is [2H]C([2H])(Oc1cccn2c(C(=O)NC(CCC(=O)OC(C)(C)C)c3ccc(F)c(F)c3)c(C)nc12)c1c(F)cccc1F. The molecular weight excluding hydrogens is 542 g/mol. The molecule has 0 radical (unpaired) electrons. The van der Waals surface area contributed by atoms with Crippen LogP contribution in [0.15, 0.2) is 54.7 Å². The number of pyridine rings is 1. The van der Waals surface area contributed by atoms with Gasteiger partial charge in [-0.25, -0.2) is 22.5 Å². The van der Waals surface area contributed by atoms with E-state index in [4.69, 9.17) is 12.2 Å². The summed E-state index contributed by atoms with van der Waals surface area (Å²) in [5, 5.41) is 2.73. The average molecular weight is 574 g/mol. The fourth-order valence-corrected chi connectivity index (χ4v) is 4.14. The molecule has 4 rings (SSSR count). The lowest BCUT2D eigenvalue weighted by Gasteiger charge is -2.22. The fourth-order valence-electron chi connectivity index (χ4n) is 4.14. The minimum atomic E-state index is -2.95. The Labute approximate surface area is 236 Å². The molecule has 1 N–H and O–H groups in total. The number of halogens is 4. The number of amides is 1. The van der Waals surface area contributed by atoms with E-state index in [1.807, 2.05) is 0 Å². The van der Waals surface area contributed by atoms with Crippen molar-refractivity contribution in [3.05, 3.63) is 101 Å². The number of fused-ring (bicyclic) bond motifs is 1. The van der Waals surface area contributed by atoms with Crippen LogP contribution < -0.4 is 10.1 Å². The third-order valence-electron chi connectivity index (χ3n) is 5.94. The maximum atomic E-state index is 14.3. The van der Waals surface area contributed by atoms with E-state index in [2.05, 4.69) is 10.3 Å². The summed E-state index contributed by atoms with van der Waals surface area (Å²) < 4.78 is 84.9. The lowest BCUT2D eigenvalue weighted by Crippen LogP contribution is -2.31. The fraction of sp³-hybridized carbons (Fsp3) is 0.300. The molecule has 0 bridgehead atoms. The maximum absolute atomic E-state index is 14.3. The number of esters is 1. The predicted molar refractivity (Wildman–Crippen MR) is 142 cm³/mol. The van der Waals surface area contributed by atoms with Crippen molar-refractivity contribution in [2.24, 2.45) is 0 Å². The largest absolute Gasteiger partial charge is 0.485 e. The molecule has 216 valence electrons. The van der Waals surface area contributed by atoms with Crippen LogP contribution in [0.4, 0.5) is 17.6 Å². The van der Waals surface area contributed by atoms with Gasteiger partial charge in [-0.15, -0.1) is 0 Å². The summed E-state index contributed by atoms with van der Waals surface area (Å²) in [6.07, 6.45) is 1.29. The van der Waals surface area contributed by atoms with E-state index >= 15 is 0 Å². The molecule has 0 saturated carbocycles. The quantitative estimate of drug-likeness (QED) is 0.186. The summed E-state index contributed by atoms with van der Waals surface area (Å²) in [6, 6.07) is 7.80. The lowest BCUT2D eigenvalue weighted by molar-refractivity contribution is -0.155. The first-order valence-electron chi connectivity index (χ1n) is 13.7. The Bertz CT molecular complexity index is 1670. The molecule has 4 aromatic rings. The van der Waals surface area contributed by atoms with E-state index in [-0.39, 0.29) is 41.2 Å². The molecule has 2 heterocycles. The van der Waals surface area contributed by atoms with Crippen molar-refractivity contribution < 1.29 is 39.4 Å². The second kappa shape index (κ2) is 12.0. The zero-order chi connectivity index (χ0) is 31.7. The second-order valence-corrected chi connectivity index (χ2v) is 10.2. The van der Waals surface area contributed by atoms with Crippen molar-refractivity contribution in [3.63, 3.8) is 0 Å². The molecule has 0 spiro atoms. The van der Waals surface area contributed by atoms with Crippen LogP contribution in [0.1, 0.15) is 69.7 Å². The van der Waals surface area contributed by atoms with E-state index in [0.717, 1.165) is 30.3 Å². The molecular formula is C30H29F4N3O4. The molecule has 1 atom stereocenters. The zero-order valence-electron chi connectivity index (χ0n) is 24.7. The van der Waals surface area contributed by atoms with Crippen molar-refractivity contribution in [2.45, 2.75) is 58.7 Å². The Morgan fingerprint density at radius 1 is 1.02 bits per heavy atom. The van der Waals surface area contributed by atoms with Crippen LogP contribution in [0, 0.1) is 30.2 Å². The molecule has 1 amide bonds. The number of aromatic nitrogens is 2. The van der Waals surface area contributed by atoms with Gasteiger partial charge in [-0.05, 0) is 76.1 Å². The minimum absolute atomic E-state index is 0.00964. The number of carbonyl (C=O) groups is 2. The zero-order valence-corrected chi connectivity index (χ0v) is 22.7. The highest BCUT2D eigenvalue weighted by Crippen LogP contribution is 2.26. The Morgan fingerprint density at radius 3 is 2.39 bits per heavy atom. The molecule has 0 fully saturated rings. The van der Waals surface area contributed by atoms with Crippen molar-refractivity contribution >= 4 is 17.5 Å². The summed E-state index contributed by atoms with van der Waals surface area (Å²) in [5.41, 5.74) is -1.34. The van der Waals surface area contributed by atoms with E-state index in [1.165, 1.54) is 35.7 Å². The van der Waals surface area contributed by atoms with Gasteiger partial charge in [0.25, 0.3) is 5.91 Å². The summed E-state index contributed by atoms with van der Waals surface area (Å²) in [4.78, 5) is 30.3. The number of hydrogen-bond donors (Lipinski definition) is 1. The Morgan fingerprint density at radius 2 is 1.73 bits per heavy atom. The van der Waals surface area contributed by atoms with Gasteiger partial charge in [0, 0.05) is 12.6 Å². The molecule has 2 aromatic heterocycles. The number of imidazole rings is 1. The molecule has 0 aliphatic rings. The second-order valence-electron chi connectivity index (χ2n) is 10.2. The molecule has 1 unspecified atom stereocenters. The van der Waals surface area contributed by atoms with Crippen LogP contribution in [0.25, 0.3) is 5.65 Å². The number of ether oxygens (including phenoxy) is 2. The van der Waals surface area contributed by atoms with Gasteiger partial charge in [0.2, 0.25) is 0 Å². The van der Waals surface area contributed by atoms with Gasteiger partial charge in [-0.1, -0.05) is 12.1 Å². The highest BCUT2D eigenvalue weighted by atomic mass is 19.2. The van der Waals surface area contributed by atoms with E-state index in [0.29, 0.717) is 0 Å². The van der Waals surface area contributed by atoms with Gasteiger partial charge in [-0.3, -0.25) is 14.0 Å². The number of aryl methyl sites for hydroxylation is 1. The van der Waals surface area contributed by atoms with Crippen LogP contribution in [-0.2, 0) is 16.1 Å². The topological polar surface area (TPSA) is 81.9 Å². The van der Waals surface area contributed by atoms with Crippen LogP contribution >= 0.6 is 0 Å². The standard InChI is InChI=1S/C30H29F4N3O4/c1-17-27(37-14-6-9-25(28(37)35-17)40-16-19-20(31)7-5-8-21(19)32)29(39)36-24(12-13-26(38)41-30(2,3)4)18-10-11-22(33)23(34)15-18/h5-11,14-15,24H,12-13,16H2,1-4H3,(H,36,39)/i16D2. The minimum Gasteiger partial charge on any atom is -0.485 e. The Balaban J connectivity index is 1.65. The molecule has 0 saturated heterocycles. The number of nitrogens with one attached hydrogen (secondary N) is 1. The molecule has 0 aliphatic carbocycles. The van der Waals surface area contributed by atoms with Gasteiger partial charge in [0.1, 0.15) is 29.5 Å². The van der Waals surface area contributed by atoms with E-state index in [1.54, 1.807) is 20.8 Å². The molecule has 2 aromatic carbocycles. The van der Waals surface area contributed by atoms with Gasteiger partial charge in [0.05, 0.1) is 20.0 Å². The molecule has 41 heavy (non-hydrogen) atoms. The van der Waals surface area contributed by atoms with Crippen LogP contribution in [0.3, 0.4) is 0 Å². The lowest BCUT2D eigenvalue weighted by atomic mass is 10.0. The summed E-state index contributed by atoms with van der Waals surface area (Å²) in [6.45, 7) is 3.65. The van der Waals surface area contributed by atoms with Crippen molar-refractivity contribution in [3.8, 4) is 5.75 Å². The number of carbonyl (C=O) groups excluding carboxylic acids is 2. The molecule has 0 aliphatic heterocycles. The van der Waals surface area contributed by atoms with E-state index < -0.39 is 58.9 Å². The van der Waals surface area contributed by atoms with Gasteiger partial charge in [0.15, 0.2) is 23.0 Å². The van der Waals surface area contributed by atoms with Crippen molar-refractivity contribution in [2.75, 3.05) is 0 Å². The van der Waals surface area contributed by atoms with E-state index in [9.17, 15) is 27.2 Å². The normalized spacial score (nSPS) is 13.4. The maximum Gasteiger partial charge on any atom is 0.306 e. The smallest absolute Gasteiger partial charge is 0.306 e. The van der Waals surface area contributed by atoms with Gasteiger partial charge >= 0.3 is 5.97 Å². The monoisotopic (exact) mass is 573 g/mol. The highest BCUT2D eigenvalue weighted by Gasteiger charge is 2.25. The predicted octanol–water partition coefficient (Wildman–Crippen LogP) is 6.37. The van der Waals surface area contributed by atoms with Crippen LogP contribution in [0.5, 0.6) is 5.75 Å². The third kappa shape index (κ3) is 7.03. The molecule has 7 nitrogen and oxygen atoms in total. The summed E-state index contributed by atoms with van der Waals surface area (Å²) in [7, 11) is 0. The number of hydrogen-bond acceptors (Lipinski definition) is 5. The first kappa shape index (κ1) is 26.8. The number of benzene rings is 2. The number of rotatable bonds is 9. The van der Waals surface area contributed by atoms with Gasteiger partial charge < -0.3 is 14.8 Å². The third-order valence-corrected chi connectivity index (χ3v) is 5.94. The Kier molecular flexibility index (Phi) is 7.84. The number of nitrogens with zero attached hydrogens (tertiary/aromatic N) is 2. The van der Waals surface area contributed by atoms with Crippen LogP contribution in [-0.4, -0.2) is 26.9 Å². The summed E-state index contributed by atoms with van der Waals surface area (Å²) >= 11 is 0. The van der Waals surface area contributed by atoms with Crippen LogP contribution in [0.2, 0.25) is 0 Å². The average Bonchev–Trinajstić information content (AvgIpc) is 3.23. The van der Waals surface area contributed by atoms with Crippen molar-refractivity contribution in [1.29, 1.82) is 0 Å². The summed E-state index contributed by atoms with van der Waals surface area (Å²) in [5.74, 6) is -5.98. The van der Waals surface area contributed by atoms with Crippen molar-refractivity contribution in [1.82, 2.24) is 14.7 Å². The first-order chi connectivity index (χ1) is 20.1. The first-order valence-corrected chi connectivity index (χ1v) is 12.7. The molecule has 11 heteroatoms. The Hall–Kier alpha value is -4.41. The van der Waals surface area contributed by atoms with Gasteiger partial charge in [-0.2, -0.15) is 0 Å².